The number of hydrogen-bond donors (Lipinski definition) is 0. The van der Waals surface area contributed by atoms with Crippen molar-refractivity contribution in [2.24, 2.45) is 0 Å². The van der Waals surface area contributed by atoms with Crippen LogP contribution in [-0.2, 0) is 27.8 Å². The van der Waals surface area contributed by atoms with Crippen LogP contribution in [0.2, 0.25) is 0 Å². The zero-order valence-corrected chi connectivity index (χ0v) is 25.5. The number of pyridine rings is 1. The van der Waals surface area contributed by atoms with Gasteiger partial charge in [-0.25, -0.2) is 17.4 Å². The smallest absolute Gasteiger partial charge is 0.268 e. The first-order chi connectivity index (χ1) is 21.0. The first-order valence-corrected chi connectivity index (χ1v) is 17.0. The molecule has 0 N–H and O–H groups in total. The molecule has 2 fully saturated rings. The van der Waals surface area contributed by atoms with Crippen LogP contribution in [0.3, 0.4) is 0 Å². The second-order valence-electron chi connectivity index (χ2n) is 11.8. The van der Waals surface area contributed by atoms with Gasteiger partial charge in [0.2, 0.25) is 5.95 Å². The number of benzene rings is 2. The predicted molar refractivity (Wildman–Crippen MR) is 167 cm³/mol. The Morgan fingerprint density at radius 1 is 0.814 bits per heavy atom. The number of ether oxygens (including phenoxy) is 1. The number of halogens is 1. The van der Waals surface area contributed by atoms with Gasteiger partial charge in [0.25, 0.3) is 10.0 Å². The highest BCUT2D eigenvalue weighted by Gasteiger charge is 2.31. The Kier molecular flexibility index (Phi) is 9.52. The van der Waals surface area contributed by atoms with Gasteiger partial charge >= 0.3 is 0 Å². The van der Waals surface area contributed by atoms with Gasteiger partial charge in [-0.2, -0.15) is 4.39 Å². The van der Waals surface area contributed by atoms with Gasteiger partial charge in [0.05, 0.1) is 23.6 Å². The van der Waals surface area contributed by atoms with Crippen LogP contribution in [0.15, 0.2) is 84.0 Å². The maximum Gasteiger partial charge on any atom is 0.268 e. The third-order valence-corrected chi connectivity index (χ3v) is 10.8. The lowest BCUT2D eigenvalue weighted by Gasteiger charge is -2.41. The molecule has 4 aromatic rings. The van der Waals surface area contributed by atoms with Crippen LogP contribution in [0.25, 0.3) is 10.9 Å². The number of fused-ring (bicyclic) bond motifs is 1. The fraction of sp³-hybridized carbons (Fsp3) is 0.441. The van der Waals surface area contributed by atoms with E-state index in [0.29, 0.717) is 56.0 Å². The SMILES string of the molecule is O=S(=O)(c1ccccc1)n1cc(CN(CCOCCN(C2CCCC2)C2CCC2)Cc2cccnc2F)c2ccccc21. The number of para-hydroxylation sites is 1. The van der Waals surface area contributed by atoms with Crippen molar-refractivity contribution >= 4 is 20.9 Å². The molecular formula is C34H41FN4O3S. The summed E-state index contributed by atoms with van der Waals surface area (Å²) in [6.45, 7) is 3.49. The molecule has 6 rings (SSSR count). The minimum absolute atomic E-state index is 0.235. The monoisotopic (exact) mass is 604 g/mol. The van der Waals surface area contributed by atoms with Crippen LogP contribution in [0.1, 0.15) is 56.1 Å². The van der Waals surface area contributed by atoms with E-state index in [9.17, 15) is 12.8 Å². The van der Waals surface area contributed by atoms with Gasteiger partial charge in [-0.05, 0) is 55.5 Å². The Morgan fingerprint density at radius 2 is 1.49 bits per heavy atom. The maximum absolute atomic E-state index is 14.6. The third-order valence-electron chi connectivity index (χ3n) is 9.07. The van der Waals surface area contributed by atoms with Gasteiger partial charge in [-0.1, -0.05) is 61.7 Å². The van der Waals surface area contributed by atoms with Crippen LogP contribution in [0.4, 0.5) is 4.39 Å². The highest BCUT2D eigenvalue weighted by Crippen LogP contribution is 2.32. The molecule has 0 radical (unpaired) electrons. The molecule has 0 saturated heterocycles. The quantitative estimate of drug-likeness (QED) is 0.126. The van der Waals surface area contributed by atoms with Crippen LogP contribution in [-0.4, -0.2) is 65.6 Å². The Hall–Kier alpha value is -3.11. The molecule has 43 heavy (non-hydrogen) atoms. The lowest BCUT2D eigenvalue weighted by atomic mass is 9.90. The van der Waals surface area contributed by atoms with Crippen molar-refractivity contribution in [2.75, 3.05) is 26.3 Å². The lowest BCUT2D eigenvalue weighted by Crippen LogP contribution is -2.47. The molecule has 0 atom stereocenters. The van der Waals surface area contributed by atoms with Gasteiger partial charge in [-0.3, -0.25) is 9.80 Å². The van der Waals surface area contributed by atoms with Gasteiger partial charge in [0.15, 0.2) is 0 Å². The molecule has 2 aromatic heterocycles. The molecule has 2 aliphatic rings. The standard InChI is InChI=1S/C34H41FN4O3S/c35-34-27(10-9-19-36-34)24-37(20-22-42-23-21-38(30-13-8-14-30)29-11-4-5-12-29)25-28-26-39(33-18-7-6-17-32(28)33)43(40,41)31-15-2-1-3-16-31/h1-3,6-7,9-10,15-19,26,29-30H,4-5,8,11-14,20-25H2. The van der Waals surface area contributed by atoms with E-state index in [2.05, 4.69) is 14.8 Å². The number of hydrogen-bond acceptors (Lipinski definition) is 6. The van der Waals surface area contributed by atoms with Gasteiger partial charge in [-0.15, -0.1) is 0 Å². The highest BCUT2D eigenvalue weighted by atomic mass is 32.2. The molecule has 2 aliphatic carbocycles. The Bertz CT molecular complexity index is 1600. The molecule has 0 unspecified atom stereocenters. The maximum atomic E-state index is 14.6. The zero-order valence-electron chi connectivity index (χ0n) is 24.7. The van der Waals surface area contributed by atoms with Gasteiger partial charge < -0.3 is 4.74 Å². The minimum atomic E-state index is -3.79. The summed E-state index contributed by atoms with van der Waals surface area (Å²) in [5, 5.41) is 0.854. The molecule has 2 heterocycles. The first-order valence-electron chi connectivity index (χ1n) is 15.6. The molecule has 2 saturated carbocycles. The number of nitrogens with zero attached hydrogens (tertiary/aromatic N) is 4. The van der Waals surface area contributed by atoms with Crippen molar-refractivity contribution in [3.8, 4) is 0 Å². The minimum Gasteiger partial charge on any atom is -0.379 e. The van der Waals surface area contributed by atoms with E-state index in [4.69, 9.17) is 4.74 Å². The topological polar surface area (TPSA) is 67.7 Å². The van der Waals surface area contributed by atoms with Crippen LogP contribution < -0.4 is 0 Å². The lowest BCUT2D eigenvalue weighted by molar-refractivity contribution is 0.0304. The summed E-state index contributed by atoms with van der Waals surface area (Å²) in [7, 11) is -3.79. The van der Waals surface area contributed by atoms with Crippen LogP contribution in [0.5, 0.6) is 0 Å². The first kappa shape index (κ1) is 29.9. The van der Waals surface area contributed by atoms with E-state index < -0.39 is 16.0 Å². The van der Waals surface area contributed by atoms with E-state index in [0.717, 1.165) is 17.5 Å². The second-order valence-corrected chi connectivity index (χ2v) is 13.6. The molecule has 0 bridgehead atoms. The van der Waals surface area contributed by atoms with E-state index in [1.54, 1.807) is 48.7 Å². The van der Waals surface area contributed by atoms with Crippen LogP contribution >= 0.6 is 0 Å². The summed E-state index contributed by atoms with van der Waals surface area (Å²) < 4.78 is 49.4. The average molecular weight is 605 g/mol. The number of aromatic nitrogens is 2. The Labute approximate surface area is 254 Å². The van der Waals surface area contributed by atoms with Crippen molar-refractivity contribution in [3.63, 3.8) is 0 Å². The van der Waals surface area contributed by atoms with Crippen molar-refractivity contribution in [3.05, 3.63) is 96.2 Å². The highest BCUT2D eigenvalue weighted by molar-refractivity contribution is 7.90. The second kappa shape index (κ2) is 13.7. The summed E-state index contributed by atoms with van der Waals surface area (Å²) in [6.07, 6.45) is 12.4. The predicted octanol–water partition coefficient (Wildman–Crippen LogP) is 6.23. The molecular weight excluding hydrogens is 563 g/mol. The van der Waals surface area contributed by atoms with Crippen molar-refractivity contribution in [1.29, 1.82) is 0 Å². The van der Waals surface area contributed by atoms with Crippen LogP contribution in [0, 0.1) is 5.95 Å². The van der Waals surface area contributed by atoms with E-state index in [1.807, 2.05) is 24.3 Å². The molecule has 2 aromatic carbocycles. The summed E-state index contributed by atoms with van der Waals surface area (Å²) >= 11 is 0. The Morgan fingerprint density at radius 3 is 2.21 bits per heavy atom. The van der Waals surface area contributed by atoms with Gasteiger partial charge in [0.1, 0.15) is 0 Å². The zero-order chi connectivity index (χ0) is 29.6. The summed E-state index contributed by atoms with van der Waals surface area (Å²) in [6, 6.07) is 20.9. The van der Waals surface area contributed by atoms with E-state index in [-0.39, 0.29) is 4.90 Å². The fourth-order valence-electron chi connectivity index (χ4n) is 6.57. The molecule has 0 amide bonds. The van der Waals surface area contributed by atoms with Gasteiger partial charge in [0, 0.05) is 61.6 Å². The van der Waals surface area contributed by atoms with Crippen molar-refractivity contribution in [1.82, 2.24) is 18.8 Å². The molecule has 7 nitrogen and oxygen atoms in total. The van der Waals surface area contributed by atoms with E-state index >= 15 is 0 Å². The number of rotatable bonds is 14. The fourth-order valence-corrected chi connectivity index (χ4v) is 7.98. The average Bonchev–Trinajstić information content (AvgIpc) is 3.66. The molecule has 9 heteroatoms. The summed E-state index contributed by atoms with van der Waals surface area (Å²) in [4.78, 5) is 8.89. The van der Waals surface area contributed by atoms with Crippen molar-refractivity contribution < 1.29 is 17.5 Å². The molecule has 228 valence electrons. The Balaban J connectivity index is 1.18. The normalized spacial score (nSPS) is 16.4. The van der Waals surface area contributed by atoms with E-state index in [1.165, 1.54) is 55.1 Å². The largest absolute Gasteiger partial charge is 0.379 e. The molecule has 0 aliphatic heterocycles. The van der Waals surface area contributed by atoms with Crippen molar-refractivity contribution in [2.45, 2.75) is 75.0 Å². The third kappa shape index (κ3) is 6.85. The summed E-state index contributed by atoms with van der Waals surface area (Å²) in [5.74, 6) is -0.491. The molecule has 0 spiro atoms. The summed E-state index contributed by atoms with van der Waals surface area (Å²) in [5.41, 5.74) is 1.98.